The number of nitrogens with one attached hydrogen (secondary N) is 1. The molecule has 1 aliphatic rings. The van der Waals surface area contributed by atoms with Crippen LogP contribution in [0.3, 0.4) is 0 Å². The molecule has 0 saturated heterocycles. The largest absolute Gasteiger partial charge is 0.313 e. The monoisotopic (exact) mass is 251 g/mol. The first-order valence-electron chi connectivity index (χ1n) is 6.98. The predicted molar refractivity (Wildman–Crippen MR) is 76.7 cm³/mol. The summed E-state index contributed by atoms with van der Waals surface area (Å²) >= 11 is 1.94. The van der Waals surface area contributed by atoms with Crippen LogP contribution in [0.4, 0.5) is 0 Å². The van der Waals surface area contributed by atoms with Gasteiger partial charge in [-0.3, -0.25) is 0 Å². The van der Waals surface area contributed by atoms with Crippen molar-refractivity contribution in [3.63, 3.8) is 0 Å². The Morgan fingerprint density at radius 2 is 2.00 bits per heavy atom. The van der Waals surface area contributed by atoms with E-state index in [1.165, 1.54) is 12.8 Å². The third-order valence-electron chi connectivity index (χ3n) is 4.88. The molecule has 3 unspecified atom stereocenters. The fourth-order valence-corrected chi connectivity index (χ4v) is 5.13. The Kier molecular flexibility index (Phi) is 3.94. The highest BCUT2D eigenvalue weighted by atomic mass is 32.1. The zero-order valence-electron chi connectivity index (χ0n) is 11.5. The summed E-state index contributed by atoms with van der Waals surface area (Å²) < 4.78 is 0. The van der Waals surface area contributed by atoms with Gasteiger partial charge in [0.05, 0.1) is 0 Å². The Labute approximate surface area is 110 Å². The summed E-state index contributed by atoms with van der Waals surface area (Å²) in [5.41, 5.74) is 0.486. The Hall–Kier alpha value is -0.340. The van der Waals surface area contributed by atoms with E-state index < -0.39 is 0 Å². The van der Waals surface area contributed by atoms with E-state index in [2.05, 4.69) is 50.5 Å². The fraction of sp³-hybridized carbons (Fsp3) is 0.733. The minimum atomic E-state index is 0.486. The summed E-state index contributed by atoms with van der Waals surface area (Å²) in [6, 6.07) is 5.23. The second-order valence-electron chi connectivity index (χ2n) is 5.33. The molecule has 2 heteroatoms. The Morgan fingerprint density at radius 3 is 2.47 bits per heavy atom. The van der Waals surface area contributed by atoms with Gasteiger partial charge in [0.1, 0.15) is 0 Å². The lowest BCUT2D eigenvalue weighted by Gasteiger charge is -2.61. The highest BCUT2D eigenvalue weighted by Gasteiger charge is 2.57. The van der Waals surface area contributed by atoms with E-state index in [9.17, 15) is 0 Å². The normalized spacial score (nSPS) is 31.2. The molecule has 1 heterocycles. The van der Waals surface area contributed by atoms with Gasteiger partial charge in [0, 0.05) is 16.8 Å². The molecule has 1 nitrogen and oxygen atoms in total. The van der Waals surface area contributed by atoms with Gasteiger partial charge in [-0.1, -0.05) is 33.8 Å². The van der Waals surface area contributed by atoms with Crippen molar-refractivity contribution in [2.45, 2.75) is 52.5 Å². The lowest BCUT2D eigenvalue weighted by molar-refractivity contribution is -0.0369. The number of rotatable bonds is 5. The van der Waals surface area contributed by atoms with Crippen molar-refractivity contribution in [3.05, 3.63) is 22.4 Å². The Balaban J connectivity index is 2.27. The van der Waals surface area contributed by atoms with E-state index in [4.69, 9.17) is 0 Å². The van der Waals surface area contributed by atoms with Gasteiger partial charge >= 0.3 is 0 Å². The molecular formula is C15H25NS. The van der Waals surface area contributed by atoms with Gasteiger partial charge in [0.15, 0.2) is 0 Å². The molecule has 1 fully saturated rings. The van der Waals surface area contributed by atoms with Crippen LogP contribution in [0.1, 0.15) is 51.3 Å². The van der Waals surface area contributed by atoms with Gasteiger partial charge in [-0.2, -0.15) is 0 Å². The van der Waals surface area contributed by atoms with Gasteiger partial charge in [0.25, 0.3) is 0 Å². The standard InChI is InChI=1S/C15H25NS/c1-5-15(6-2)13(12-9-8-10-17-12)11(4)14(15)16-7-3/h8-11,13-14,16H,5-7H2,1-4H3. The Morgan fingerprint density at radius 1 is 1.29 bits per heavy atom. The summed E-state index contributed by atoms with van der Waals surface area (Å²) in [5, 5.41) is 5.94. The average Bonchev–Trinajstić information content (AvgIpc) is 2.85. The molecule has 1 aromatic heterocycles. The van der Waals surface area contributed by atoms with Crippen LogP contribution in [-0.4, -0.2) is 12.6 Å². The first kappa shape index (κ1) is 13.1. The van der Waals surface area contributed by atoms with Gasteiger partial charge in [-0.05, 0) is 42.2 Å². The van der Waals surface area contributed by atoms with Crippen molar-refractivity contribution in [2.75, 3.05) is 6.54 Å². The molecule has 0 bridgehead atoms. The smallest absolute Gasteiger partial charge is 0.0161 e. The summed E-state index contributed by atoms with van der Waals surface area (Å²) in [5.74, 6) is 1.54. The second-order valence-corrected chi connectivity index (χ2v) is 6.31. The van der Waals surface area contributed by atoms with Crippen molar-refractivity contribution >= 4 is 11.3 Å². The van der Waals surface area contributed by atoms with Crippen LogP contribution in [0.15, 0.2) is 17.5 Å². The van der Waals surface area contributed by atoms with Crippen molar-refractivity contribution < 1.29 is 0 Å². The van der Waals surface area contributed by atoms with Crippen molar-refractivity contribution in [1.82, 2.24) is 5.32 Å². The molecule has 0 radical (unpaired) electrons. The average molecular weight is 251 g/mol. The topological polar surface area (TPSA) is 12.0 Å². The van der Waals surface area contributed by atoms with E-state index in [0.717, 1.165) is 18.4 Å². The van der Waals surface area contributed by atoms with Crippen LogP contribution < -0.4 is 5.32 Å². The molecule has 1 N–H and O–H groups in total. The molecule has 2 rings (SSSR count). The molecule has 0 aliphatic heterocycles. The van der Waals surface area contributed by atoms with E-state index in [1.54, 1.807) is 4.88 Å². The Bertz CT molecular complexity index is 340. The molecule has 0 aromatic carbocycles. The first-order valence-corrected chi connectivity index (χ1v) is 7.86. The highest BCUT2D eigenvalue weighted by molar-refractivity contribution is 7.10. The summed E-state index contributed by atoms with van der Waals surface area (Å²) in [7, 11) is 0. The van der Waals surface area contributed by atoms with Crippen molar-refractivity contribution in [1.29, 1.82) is 0 Å². The molecule has 3 atom stereocenters. The SMILES string of the molecule is CCNC1C(C)C(c2cccs2)C1(CC)CC. The maximum Gasteiger partial charge on any atom is 0.0161 e. The maximum absolute atomic E-state index is 3.72. The van der Waals surface area contributed by atoms with Crippen LogP contribution in [-0.2, 0) is 0 Å². The van der Waals surface area contributed by atoms with Gasteiger partial charge in [-0.15, -0.1) is 11.3 Å². The summed E-state index contributed by atoms with van der Waals surface area (Å²) in [6.45, 7) is 10.5. The van der Waals surface area contributed by atoms with Gasteiger partial charge in [-0.25, -0.2) is 0 Å². The summed E-state index contributed by atoms with van der Waals surface area (Å²) in [4.78, 5) is 1.59. The number of hydrogen-bond donors (Lipinski definition) is 1. The molecular weight excluding hydrogens is 226 g/mol. The lowest BCUT2D eigenvalue weighted by Crippen LogP contribution is -2.63. The van der Waals surface area contributed by atoms with Gasteiger partial charge in [0.2, 0.25) is 0 Å². The predicted octanol–water partition coefficient (Wildman–Crippen LogP) is 4.27. The van der Waals surface area contributed by atoms with E-state index in [-0.39, 0.29) is 0 Å². The lowest BCUT2D eigenvalue weighted by atomic mass is 9.48. The number of hydrogen-bond acceptors (Lipinski definition) is 2. The summed E-state index contributed by atoms with van der Waals surface area (Å²) in [6.07, 6.45) is 2.57. The van der Waals surface area contributed by atoms with E-state index in [1.807, 2.05) is 11.3 Å². The molecule has 1 saturated carbocycles. The zero-order valence-corrected chi connectivity index (χ0v) is 12.3. The second kappa shape index (κ2) is 5.11. The minimum absolute atomic E-state index is 0.486. The van der Waals surface area contributed by atoms with Crippen LogP contribution in [0.25, 0.3) is 0 Å². The highest BCUT2D eigenvalue weighted by Crippen LogP contribution is 2.61. The van der Waals surface area contributed by atoms with Gasteiger partial charge < -0.3 is 5.32 Å². The van der Waals surface area contributed by atoms with Crippen molar-refractivity contribution in [3.8, 4) is 0 Å². The van der Waals surface area contributed by atoms with Crippen LogP contribution in [0.5, 0.6) is 0 Å². The molecule has 0 amide bonds. The molecule has 96 valence electrons. The van der Waals surface area contributed by atoms with Crippen LogP contribution >= 0.6 is 11.3 Å². The van der Waals surface area contributed by atoms with E-state index >= 15 is 0 Å². The molecule has 17 heavy (non-hydrogen) atoms. The third kappa shape index (κ3) is 1.86. The van der Waals surface area contributed by atoms with Crippen LogP contribution in [0, 0.1) is 11.3 Å². The molecule has 1 aliphatic carbocycles. The quantitative estimate of drug-likeness (QED) is 0.824. The third-order valence-corrected chi connectivity index (χ3v) is 5.84. The fourth-order valence-electron chi connectivity index (χ4n) is 4.06. The van der Waals surface area contributed by atoms with E-state index in [0.29, 0.717) is 11.5 Å². The number of thiophene rings is 1. The maximum atomic E-state index is 3.72. The zero-order chi connectivity index (χ0) is 12.5. The first-order chi connectivity index (χ1) is 8.21. The molecule has 0 spiro atoms. The van der Waals surface area contributed by atoms with Crippen molar-refractivity contribution in [2.24, 2.45) is 11.3 Å². The minimum Gasteiger partial charge on any atom is -0.313 e. The van der Waals surface area contributed by atoms with Crippen LogP contribution in [0.2, 0.25) is 0 Å². The molecule has 1 aromatic rings.